The molecular weight excluding hydrogens is 294 g/mol. The van der Waals surface area contributed by atoms with Crippen LogP contribution in [0.1, 0.15) is 34.9 Å². The smallest absolute Gasteiger partial charge is 0.271 e. The van der Waals surface area contributed by atoms with E-state index in [2.05, 4.69) is 9.88 Å². The summed E-state index contributed by atoms with van der Waals surface area (Å²) < 4.78 is 5.35. The summed E-state index contributed by atoms with van der Waals surface area (Å²) in [4.78, 5) is 20.5. The van der Waals surface area contributed by atoms with Crippen LogP contribution in [-0.2, 0) is 4.74 Å². The standard InChI is InChI=1S/C17H25N3O3/c1-19(2)17(22)14-5-3-4-13(18-14)12-6-8-20(9-7-12)15-10-23-11-16(15)21/h3-5,12,15-16,21H,6-11H2,1-2H3. The van der Waals surface area contributed by atoms with Crippen LogP contribution in [-0.4, -0.2) is 78.3 Å². The molecule has 23 heavy (non-hydrogen) atoms. The average Bonchev–Trinajstić information content (AvgIpc) is 3.00. The number of hydrogen-bond donors (Lipinski definition) is 1. The SMILES string of the molecule is CN(C)C(=O)c1cccc(C2CCN(C3COCC3O)CC2)n1. The van der Waals surface area contributed by atoms with E-state index in [0.717, 1.165) is 31.6 Å². The lowest BCUT2D eigenvalue weighted by Gasteiger charge is -2.36. The van der Waals surface area contributed by atoms with Gasteiger partial charge in [0, 0.05) is 25.7 Å². The Morgan fingerprint density at radius 3 is 2.65 bits per heavy atom. The summed E-state index contributed by atoms with van der Waals surface area (Å²) in [6.45, 7) is 2.93. The highest BCUT2D eigenvalue weighted by Gasteiger charge is 2.34. The average molecular weight is 319 g/mol. The molecule has 3 heterocycles. The molecule has 1 aromatic rings. The van der Waals surface area contributed by atoms with Crippen molar-refractivity contribution in [3.05, 3.63) is 29.6 Å². The van der Waals surface area contributed by atoms with Crippen molar-refractivity contribution >= 4 is 5.91 Å². The minimum Gasteiger partial charge on any atom is -0.389 e. The molecule has 0 aromatic carbocycles. The Labute approximate surface area is 137 Å². The fourth-order valence-corrected chi connectivity index (χ4v) is 3.43. The van der Waals surface area contributed by atoms with Gasteiger partial charge in [0.25, 0.3) is 5.91 Å². The van der Waals surface area contributed by atoms with E-state index in [1.807, 2.05) is 12.1 Å². The third-order valence-corrected chi connectivity index (χ3v) is 4.83. The Kier molecular flexibility index (Phi) is 4.94. The normalized spacial score (nSPS) is 26.4. The predicted octanol–water partition coefficient (Wildman–Crippen LogP) is 0.722. The lowest BCUT2D eigenvalue weighted by molar-refractivity contribution is 0.0659. The van der Waals surface area contributed by atoms with Gasteiger partial charge in [-0.3, -0.25) is 9.69 Å². The minimum absolute atomic E-state index is 0.0597. The van der Waals surface area contributed by atoms with Crippen molar-refractivity contribution in [2.75, 3.05) is 40.4 Å². The molecule has 0 spiro atoms. The third kappa shape index (κ3) is 3.54. The summed E-state index contributed by atoms with van der Waals surface area (Å²) >= 11 is 0. The van der Waals surface area contributed by atoms with Gasteiger partial charge < -0.3 is 14.7 Å². The van der Waals surface area contributed by atoms with Crippen LogP contribution < -0.4 is 0 Å². The molecular formula is C17H25N3O3. The number of rotatable bonds is 3. The lowest BCUT2D eigenvalue weighted by atomic mass is 9.91. The van der Waals surface area contributed by atoms with E-state index in [0.29, 0.717) is 24.8 Å². The molecule has 2 aliphatic rings. The predicted molar refractivity (Wildman–Crippen MR) is 86.4 cm³/mol. The molecule has 126 valence electrons. The Bertz CT molecular complexity index is 556. The van der Waals surface area contributed by atoms with Crippen molar-refractivity contribution in [2.45, 2.75) is 30.9 Å². The molecule has 6 nitrogen and oxygen atoms in total. The maximum atomic E-state index is 12.1. The number of ether oxygens (including phenoxy) is 1. The lowest BCUT2D eigenvalue weighted by Crippen LogP contribution is -2.46. The maximum absolute atomic E-state index is 12.1. The van der Waals surface area contributed by atoms with Crippen molar-refractivity contribution < 1.29 is 14.6 Å². The van der Waals surface area contributed by atoms with E-state index in [1.54, 1.807) is 25.1 Å². The summed E-state index contributed by atoms with van der Waals surface area (Å²) in [5.74, 6) is 0.316. The van der Waals surface area contributed by atoms with E-state index in [-0.39, 0.29) is 18.1 Å². The zero-order valence-electron chi connectivity index (χ0n) is 13.8. The highest BCUT2D eigenvalue weighted by Crippen LogP contribution is 2.29. The van der Waals surface area contributed by atoms with Crippen LogP contribution >= 0.6 is 0 Å². The van der Waals surface area contributed by atoms with Crippen molar-refractivity contribution in [2.24, 2.45) is 0 Å². The number of hydrogen-bond acceptors (Lipinski definition) is 5. The first-order valence-electron chi connectivity index (χ1n) is 8.24. The summed E-state index contributed by atoms with van der Waals surface area (Å²) in [5, 5.41) is 9.95. The first kappa shape index (κ1) is 16.4. The molecule has 2 atom stereocenters. The topological polar surface area (TPSA) is 65.9 Å². The molecule has 2 unspecified atom stereocenters. The third-order valence-electron chi connectivity index (χ3n) is 4.83. The number of pyridine rings is 1. The van der Waals surface area contributed by atoms with Gasteiger partial charge in [-0.1, -0.05) is 6.07 Å². The van der Waals surface area contributed by atoms with Gasteiger partial charge in [-0.15, -0.1) is 0 Å². The van der Waals surface area contributed by atoms with Crippen molar-refractivity contribution in [3.63, 3.8) is 0 Å². The van der Waals surface area contributed by atoms with Crippen LogP contribution in [0.3, 0.4) is 0 Å². The molecule has 2 aliphatic heterocycles. The Morgan fingerprint density at radius 2 is 2.04 bits per heavy atom. The van der Waals surface area contributed by atoms with Crippen LogP contribution in [0.4, 0.5) is 0 Å². The number of likely N-dealkylation sites (tertiary alicyclic amines) is 1. The number of amides is 1. The molecule has 0 aliphatic carbocycles. The van der Waals surface area contributed by atoms with Crippen LogP contribution in [0.25, 0.3) is 0 Å². The number of aliphatic hydroxyl groups excluding tert-OH is 1. The monoisotopic (exact) mass is 319 g/mol. The second-order valence-corrected chi connectivity index (χ2v) is 6.63. The number of piperidine rings is 1. The minimum atomic E-state index is -0.370. The molecule has 6 heteroatoms. The van der Waals surface area contributed by atoms with Crippen molar-refractivity contribution in [1.82, 2.24) is 14.8 Å². The zero-order chi connectivity index (χ0) is 16.4. The van der Waals surface area contributed by atoms with E-state index >= 15 is 0 Å². The number of carbonyl (C=O) groups is 1. The fraction of sp³-hybridized carbons (Fsp3) is 0.647. The van der Waals surface area contributed by atoms with Gasteiger partial charge in [-0.25, -0.2) is 4.98 Å². The largest absolute Gasteiger partial charge is 0.389 e. The summed E-state index contributed by atoms with van der Waals surface area (Å²) in [6.07, 6.45) is 1.62. The molecule has 2 saturated heterocycles. The number of aromatic nitrogens is 1. The summed E-state index contributed by atoms with van der Waals surface area (Å²) in [7, 11) is 3.48. The van der Waals surface area contributed by atoms with E-state index in [1.165, 1.54) is 0 Å². The first-order valence-corrected chi connectivity index (χ1v) is 8.24. The van der Waals surface area contributed by atoms with Gasteiger partial charge in [-0.2, -0.15) is 0 Å². The molecule has 1 amide bonds. The van der Waals surface area contributed by atoms with Gasteiger partial charge >= 0.3 is 0 Å². The Balaban J connectivity index is 1.63. The Hall–Kier alpha value is -1.50. The molecule has 0 bridgehead atoms. The number of aliphatic hydroxyl groups is 1. The Morgan fingerprint density at radius 1 is 1.30 bits per heavy atom. The maximum Gasteiger partial charge on any atom is 0.271 e. The highest BCUT2D eigenvalue weighted by atomic mass is 16.5. The van der Waals surface area contributed by atoms with Crippen LogP contribution in [0.15, 0.2) is 18.2 Å². The quantitative estimate of drug-likeness (QED) is 0.889. The first-order chi connectivity index (χ1) is 11.1. The van der Waals surface area contributed by atoms with E-state index in [9.17, 15) is 9.90 Å². The second kappa shape index (κ2) is 6.95. The van der Waals surface area contributed by atoms with Crippen LogP contribution in [0.5, 0.6) is 0 Å². The van der Waals surface area contributed by atoms with Gasteiger partial charge in [0.2, 0.25) is 0 Å². The van der Waals surface area contributed by atoms with Gasteiger partial charge in [0.15, 0.2) is 0 Å². The second-order valence-electron chi connectivity index (χ2n) is 6.63. The zero-order valence-corrected chi connectivity index (χ0v) is 13.8. The highest BCUT2D eigenvalue weighted by molar-refractivity contribution is 5.91. The number of carbonyl (C=O) groups excluding carboxylic acids is 1. The van der Waals surface area contributed by atoms with Crippen molar-refractivity contribution in [3.8, 4) is 0 Å². The fourth-order valence-electron chi connectivity index (χ4n) is 3.43. The number of nitrogens with zero attached hydrogens (tertiary/aromatic N) is 3. The summed E-state index contributed by atoms with van der Waals surface area (Å²) in [6, 6.07) is 5.83. The molecule has 0 radical (unpaired) electrons. The van der Waals surface area contributed by atoms with Crippen LogP contribution in [0.2, 0.25) is 0 Å². The van der Waals surface area contributed by atoms with Crippen LogP contribution in [0, 0.1) is 0 Å². The summed E-state index contributed by atoms with van der Waals surface area (Å²) in [5.41, 5.74) is 1.51. The van der Waals surface area contributed by atoms with Gasteiger partial charge in [0.1, 0.15) is 5.69 Å². The molecule has 0 saturated carbocycles. The van der Waals surface area contributed by atoms with Gasteiger partial charge in [-0.05, 0) is 38.1 Å². The molecule has 3 rings (SSSR count). The van der Waals surface area contributed by atoms with E-state index in [4.69, 9.17) is 4.74 Å². The molecule has 1 aromatic heterocycles. The van der Waals surface area contributed by atoms with Gasteiger partial charge in [0.05, 0.1) is 25.4 Å². The molecule has 2 fully saturated rings. The molecule has 1 N–H and O–H groups in total. The van der Waals surface area contributed by atoms with Crippen molar-refractivity contribution in [1.29, 1.82) is 0 Å². The van der Waals surface area contributed by atoms with E-state index < -0.39 is 0 Å².